The Hall–Kier alpha value is -1.56. The second-order valence-corrected chi connectivity index (χ2v) is 20.3. The zero-order valence-electron chi connectivity index (χ0n) is 31.4. The third-order valence-electron chi connectivity index (χ3n) is 8.77. The van der Waals surface area contributed by atoms with E-state index in [4.69, 9.17) is 0 Å². The van der Waals surface area contributed by atoms with Crippen molar-refractivity contribution in [2.45, 2.75) is 184 Å². The van der Waals surface area contributed by atoms with Crippen LogP contribution in [0.2, 0.25) is 0 Å². The van der Waals surface area contributed by atoms with E-state index in [1.807, 2.05) is 0 Å². The molecule has 0 saturated carbocycles. The van der Waals surface area contributed by atoms with Crippen LogP contribution in [0.25, 0.3) is 0 Å². The van der Waals surface area contributed by atoms with Crippen molar-refractivity contribution in [1.82, 2.24) is 0 Å². The lowest BCUT2D eigenvalue weighted by atomic mass is 9.59. The predicted molar refractivity (Wildman–Crippen MR) is 186 cm³/mol. The van der Waals surface area contributed by atoms with Gasteiger partial charge in [0.2, 0.25) is 0 Å². The highest BCUT2D eigenvalue weighted by atomic mass is 14.5. The fourth-order valence-electron chi connectivity index (χ4n) is 6.29. The summed E-state index contributed by atoms with van der Waals surface area (Å²) in [4.78, 5) is 0. The third kappa shape index (κ3) is 7.89. The molecule has 232 valence electrons. The van der Waals surface area contributed by atoms with Gasteiger partial charge >= 0.3 is 0 Å². The van der Waals surface area contributed by atoms with E-state index in [2.05, 4.69) is 170 Å². The first-order valence-electron chi connectivity index (χ1n) is 16.2. The van der Waals surface area contributed by atoms with Crippen LogP contribution in [0.15, 0.2) is 24.3 Å². The topological polar surface area (TPSA) is 0 Å². The Morgan fingerprint density at radius 2 is 0.512 bits per heavy atom. The van der Waals surface area contributed by atoms with Crippen LogP contribution in [0.4, 0.5) is 0 Å². The molecule has 0 heteroatoms. The molecule has 0 fully saturated rings. The summed E-state index contributed by atoms with van der Waals surface area (Å²) in [6, 6.07) is 10.3. The average Bonchev–Trinajstić information content (AvgIpc) is 2.67. The van der Waals surface area contributed by atoms with Crippen LogP contribution in [0.1, 0.15) is 196 Å². The molecular formula is C41H68. The normalized spacial score (nSPS) is 14.7. The standard InChI is InChI=1S/C41H68/c1-35(2,3)26-22-28(37(7,8)9)32(29(23-26)38(10,11)12)34(41(19,20)21)33-30(39(13,14)15)24-27(36(4,5)6)25-31(33)40(16,17)18/h22-25,34H,1-21H3. The monoisotopic (exact) mass is 561 g/mol. The number of hydrogen-bond acceptors (Lipinski definition) is 0. The highest BCUT2D eigenvalue weighted by molar-refractivity contribution is 5.58. The molecule has 0 nitrogen and oxygen atoms in total. The maximum atomic E-state index is 2.57. The van der Waals surface area contributed by atoms with Crippen molar-refractivity contribution in [2.75, 3.05) is 0 Å². The van der Waals surface area contributed by atoms with E-state index in [-0.39, 0.29) is 43.8 Å². The van der Waals surface area contributed by atoms with Crippen LogP contribution in [0.5, 0.6) is 0 Å². The predicted octanol–water partition coefficient (Wildman–Crippen LogP) is 12.6. The molecule has 0 aliphatic carbocycles. The second kappa shape index (κ2) is 10.6. The van der Waals surface area contributed by atoms with E-state index < -0.39 is 0 Å². The molecule has 0 saturated heterocycles. The quantitative estimate of drug-likeness (QED) is 0.342. The van der Waals surface area contributed by atoms with Crippen LogP contribution < -0.4 is 0 Å². The Morgan fingerprint density at radius 1 is 0.317 bits per heavy atom. The molecule has 0 N–H and O–H groups in total. The van der Waals surface area contributed by atoms with Gasteiger partial charge in [0.15, 0.2) is 0 Å². The molecule has 0 amide bonds. The van der Waals surface area contributed by atoms with Crippen molar-refractivity contribution in [3.8, 4) is 0 Å². The Morgan fingerprint density at radius 3 is 0.634 bits per heavy atom. The Bertz CT molecular complexity index is 1070. The Balaban J connectivity index is 3.44. The first kappa shape index (κ1) is 35.6. The third-order valence-corrected chi connectivity index (χ3v) is 8.77. The Kier molecular flexibility index (Phi) is 9.18. The summed E-state index contributed by atoms with van der Waals surface area (Å²) in [5.41, 5.74) is 12.2. The minimum Gasteiger partial charge on any atom is -0.0593 e. The van der Waals surface area contributed by atoms with E-state index in [1.54, 1.807) is 11.1 Å². The van der Waals surface area contributed by atoms with Gasteiger partial charge in [-0.05, 0) is 82.4 Å². The van der Waals surface area contributed by atoms with Gasteiger partial charge < -0.3 is 0 Å². The average molecular weight is 561 g/mol. The molecule has 0 bridgehead atoms. The molecule has 0 aliphatic heterocycles. The minimum atomic E-state index is 0.00645. The molecular weight excluding hydrogens is 492 g/mol. The molecule has 2 aromatic rings. The molecule has 0 aliphatic rings. The number of benzene rings is 2. The van der Waals surface area contributed by atoms with Crippen LogP contribution >= 0.6 is 0 Å². The summed E-state index contributed by atoms with van der Waals surface area (Å²) in [6.07, 6.45) is 0. The van der Waals surface area contributed by atoms with Gasteiger partial charge in [0.05, 0.1) is 0 Å². The molecule has 0 unspecified atom stereocenters. The zero-order chi connectivity index (χ0) is 32.5. The molecule has 41 heavy (non-hydrogen) atoms. The maximum Gasteiger partial charge on any atom is 0.0150 e. The fourth-order valence-corrected chi connectivity index (χ4v) is 6.29. The maximum absolute atomic E-state index is 2.57. The summed E-state index contributed by atoms with van der Waals surface area (Å²) in [5, 5.41) is 0. The number of hydrogen-bond donors (Lipinski definition) is 0. The van der Waals surface area contributed by atoms with Gasteiger partial charge in [0, 0.05) is 5.92 Å². The van der Waals surface area contributed by atoms with Crippen molar-refractivity contribution >= 4 is 0 Å². The lowest BCUT2D eigenvalue weighted by Crippen LogP contribution is -2.34. The van der Waals surface area contributed by atoms with Crippen LogP contribution in [-0.4, -0.2) is 0 Å². The van der Waals surface area contributed by atoms with Gasteiger partial charge in [-0.15, -0.1) is 0 Å². The van der Waals surface area contributed by atoms with Gasteiger partial charge in [0.25, 0.3) is 0 Å². The zero-order valence-corrected chi connectivity index (χ0v) is 31.4. The fraction of sp³-hybridized carbons (Fsp3) is 0.707. The molecule has 2 rings (SSSR count). The van der Waals surface area contributed by atoms with Crippen LogP contribution in [0, 0.1) is 5.41 Å². The summed E-state index contributed by atoms with van der Waals surface area (Å²) in [7, 11) is 0. The Labute approximate surface area is 257 Å². The van der Waals surface area contributed by atoms with Crippen LogP contribution in [0.3, 0.4) is 0 Å². The van der Waals surface area contributed by atoms with E-state index >= 15 is 0 Å². The van der Waals surface area contributed by atoms with Gasteiger partial charge in [-0.3, -0.25) is 0 Å². The van der Waals surface area contributed by atoms with Crippen molar-refractivity contribution in [1.29, 1.82) is 0 Å². The molecule has 0 atom stereocenters. The van der Waals surface area contributed by atoms with Gasteiger partial charge in [-0.2, -0.15) is 0 Å². The second-order valence-electron chi connectivity index (χ2n) is 20.3. The van der Waals surface area contributed by atoms with Gasteiger partial charge in [0.1, 0.15) is 0 Å². The van der Waals surface area contributed by atoms with E-state index in [9.17, 15) is 0 Å². The summed E-state index contributed by atoms with van der Waals surface area (Å²) >= 11 is 0. The summed E-state index contributed by atoms with van der Waals surface area (Å²) in [6.45, 7) is 50.6. The lowest BCUT2D eigenvalue weighted by Gasteiger charge is -2.45. The van der Waals surface area contributed by atoms with Gasteiger partial charge in [-0.1, -0.05) is 170 Å². The number of rotatable bonds is 2. The van der Waals surface area contributed by atoms with Crippen LogP contribution in [-0.2, 0) is 32.5 Å². The van der Waals surface area contributed by atoms with Crippen molar-refractivity contribution in [2.24, 2.45) is 5.41 Å². The first-order chi connectivity index (χ1) is 17.8. The molecule has 0 heterocycles. The minimum absolute atomic E-state index is 0.00645. The van der Waals surface area contributed by atoms with E-state index in [0.717, 1.165) is 0 Å². The van der Waals surface area contributed by atoms with E-state index in [1.165, 1.54) is 33.4 Å². The van der Waals surface area contributed by atoms with Crippen molar-refractivity contribution in [3.63, 3.8) is 0 Å². The summed E-state index contributed by atoms with van der Waals surface area (Å²) < 4.78 is 0. The lowest BCUT2D eigenvalue weighted by molar-refractivity contribution is 0.340. The van der Waals surface area contributed by atoms with Crippen molar-refractivity contribution in [3.05, 3.63) is 68.8 Å². The van der Waals surface area contributed by atoms with Gasteiger partial charge in [-0.25, -0.2) is 0 Å². The van der Waals surface area contributed by atoms with E-state index in [0.29, 0.717) is 0 Å². The molecule has 0 spiro atoms. The molecule has 0 radical (unpaired) electrons. The largest absolute Gasteiger partial charge is 0.0593 e. The molecule has 2 aromatic carbocycles. The summed E-state index contributed by atoms with van der Waals surface area (Å²) in [5.74, 6) is 0.248. The molecule has 0 aromatic heterocycles. The van der Waals surface area contributed by atoms with Crippen molar-refractivity contribution < 1.29 is 0 Å². The highest BCUT2D eigenvalue weighted by Crippen LogP contribution is 2.54. The first-order valence-corrected chi connectivity index (χ1v) is 16.2. The highest BCUT2D eigenvalue weighted by Gasteiger charge is 2.42. The smallest absolute Gasteiger partial charge is 0.0150 e. The SMILES string of the molecule is CC(C)(C)c1cc(C(C)(C)C)c(C(c2c(C(C)(C)C)cc(C(C)(C)C)cc2C(C)(C)C)C(C)(C)C)c(C(C)(C)C)c1.